The van der Waals surface area contributed by atoms with Crippen LogP contribution in [0.15, 0.2) is 0 Å². The predicted molar refractivity (Wildman–Crippen MR) is 59.5 cm³/mol. The highest BCUT2D eigenvalue weighted by Crippen LogP contribution is 2.14. The van der Waals surface area contributed by atoms with Crippen LogP contribution in [0.1, 0.15) is 30.3 Å². The van der Waals surface area contributed by atoms with E-state index in [0.717, 1.165) is 12.8 Å². The molecular weight excluding hydrogens is 174 g/mol. The van der Waals surface area contributed by atoms with Crippen LogP contribution in [-0.2, 0) is 13.5 Å². The molecule has 0 fully saturated rings. The van der Waals surface area contributed by atoms with Crippen LogP contribution in [0.3, 0.4) is 0 Å². The molecule has 0 aliphatic rings. The number of aryl methyl sites for hydroxylation is 2. The Bertz CT molecular complexity index is 298. The van der Waals surface area contributed by atoms with Crippen molar-refractivity contribution in [1.29, 1.82) is 0 Å². The van der Waals surface area contributed by atoms with Crippen LogP contribution in [0.25, 0.3) is 0 Å². The summed E-state index contributed by atoms with van der Waals surface area (Å²) in [6, 6.07) is 0.566. The Hall–Kier alpha value is -0.830. The summed E-state index contributed by atoms with van der Waals surface area (Å²) in [6.07, 6.45) is 2.24. The Morgan fingerprint density at radius 1 is 1.43 bits per heavy atom. The Morgan fingerprint density at radius 3 is 2.43 bits per heavy atom. The third kappa shape index (κ3) is 2.15. The molecular formula is C11H21N3. The van der Waals surface area contributed by atoms with E-state index < -0.39 is 0 Å². The van der Waals surface area contributed by atoms with Crippen LogP contribution in [0.5, 0.6) is 0 Å². The molecule has 1 atom stereocenters. The van der Waals surface area contributed by atoms with Gasteiger partial charge in [-0.05, 0) is 39.3 Å². The van der Waals surface area contributed by atoms with Gasteiger partial charge in [-0.15, -0.1) is 0 Å². The number of aromatic nitrogens is 2. The molecule has 1 N–H and O–H groups in total. The lowest BCUT2D eigenvalue weighted by molar-refractivity contribution is 0.541. The highest BCUT2D eigenvalue weighted by Gasteiger charge is 2.13. The number of nitrogens with one attached hydrogen (secondary N) is 1. The van der Waals surface area contributed by atoms with Gasteiger partial charge in [0.25, 0.3) is 0 Å². The van der Waals surface area contributed by atoms with E-state index in [-0.39, 0.29) is 0 Å². The van der Waals surface area contributed by atoms with Crippen LogP contribution in [0.2, 0.25) is 0 Å². The summed E-state index contributed by atoms with van der Waals surface area (Å²) in [6.45, 7) is 6.44. The van der Waals surface area contributed by atoms with Crippen molar-refractivity contribution < 1.29 is 0 Å². The standard InChI is InChI=1S/C11H21N3/c1-6-10(12-4)7-11-8(2)13-14(5)9(11)3/h10,12H,6-7H2,1-5H3. The molecule has 0 amide bonds. The van der Waals surface area contributed by atoms with E-state index >= 15 is 0 Å². The summed E-state index contributed by atoms with van der Waals surface area (Å²) in [5, 5.41) is 7.75. The maximum Gasteiger partial charge on any atom is 0.0628 e. The topological polar surface area (TPSA) is 29.9 Å². The fourth-order valence-electron chi connectivity index (χ4n) is 1.81. The van der Waals surface area contributed by atoms with Gasteiger partial charge in [-0.3, -0.25) is 4.68 Å². The molecule has 0 aliphatic carbocycles. The Labute approximate surface area is 86.5 Å². The van der Waals surface area contributed by atoms with Crippen molar-refractivity contribution in [3.05, 3.63) is 17.0 Å². The van der Waals surface area contributed by atoms with Gasteiger partial charge in [0.1, 0.15) is 0 Å². The lowest BCUT2D eigenvalue weighted by Gasteiger charge is -2.13. The molecule has 3 nitrogen and oxygen atoms in total. The molecule has 0 spiro atoms. The van der Waals surface area contributed by atoms with Crippen molar-refractivity contribution in [1.82, 2.24) is 15.1 Å². The van der Waals surface area contributed by atoms with Crippen molar-refractivity contribution in [3.8, 4) is 0 Å². The van der Waals surface area contributed by atoms with Crippen LogP contribution < -0.4 is 5.32 Å². The summed E-state index contributed by atoms with van der Waals surface area (Å²) in [5.41, 5.74) is 3.85. The SMILES string of the molecule is CCC(Cc1c(C)nn(C)c1C)NC. The Kier molecular flexibility index (Phi) is 3.69. The summed E-state index contributed by atoms with van der Waals surface area (Å²) >= 11 is 0. The second-order valence-corrected chi connectivity index (χ2v) is 3.87. The van der Waals surface area contributed by atoms with Gasteiger partial charge in [0.15, 0.2) is 0 Å². The zero-order chi connectivity index (χ0) is 10.7. The summed E-state index contributed by atoms with van der Waals surface area (Å²) in [5.74, 6) is 0. The van der Waals surface area contributed by atoms with E-state index in [0.29, 0.717) is 6.04 Å². The van der Waals surface area contributed by atoms with Gasteiger partial charge in [-0.2, -0.15) is 5.10 Å². The molecule has 0 aliphatic heterocycles. The van der Waals surface area contributed by atoms with Gasteiger partial charge in [0, 0.05) is 18.8 Å². The van der Waals surface area contributed by atoms with Gasteiger partial charge in [0.2, 0.25) is 0 Å². The number of rotatable bonds is 4. The third-order valence-corrected chi connectivity index (χ3v) is 3.01. The van der Waals surface area contributed by atoms with Gasteiger partial charge in [0.05, 0.1) is 5.69 Å². The van der Waals surface area contributed by atoms with E-state index in [1.54, 1.807) is 0 Å². The molecule has 0 saturated carbocycles. The van der Waals surface area contributed by atoms with Gasteiger partial charge in [-0.25, -0.2) is 0 Å². The monoisotopic (exact) mass is 195 g/mol. The molecule has 1 aromatic heterocycles. The number of hydrogen-bond donors (Lipinski definition) is 1. The molecule has 80 valence electrons. The molecule has 1 heterocycles. The number of likely N-dealkylation sites (N-methyl/N-ethyl adjacent to an activating group) is 1. The maximum atomic E-state index is 4.42. The van der Waals surface area contributed by atoms with Crippen molar-refractivity contribution in [2.75, 3.05) is 7.05 Å². The largest absolute Gasteiger partial charge is 0.317 e. The molecule has 0 saturated heterocycles. The fraction of sp³-hybridized carbons (Fsp3) is 0.727. The molecule has 1 rings (SSSR count). The summed E-state index contributed by atoms with van der Waals surface area (Å²) < 4.78 is 1.97. The molecule has 0 bridgehead atoms. The lowest BCUT2D eigenvalue weighted by Crippen LogP contribution is -2.26. The van der Waals surface area contributed by atoms with Crippen LogP contribution in [0.4, 0.5) is 0 Å². The average molecular weight is 195 g/mol. The van der Waals surface area contributed by atoms with Crippen LogP contribution in [-0.4, -0.2) is 22.9 Å². The van der Waals surface area contributed by atoms with Crippen molar-refractivity contribution >= 4 is 0 Å². The normalized spacial score (nSPS) is 13.2. The van der Waals surface area contributed by atoms with E-state index in [2.05, 4.69) is 31.2 Å². The van der Waals surface area contributed by atoms with Crippen LogP contribution >= 0.6 is 0 Å². The van der Waals surface area contributed by atoms with Gasteiger partial charge in [-0.1, -0.05) is 6.92 Å². The highest BCUT2D eigenvalue weighted by atomic mass is 15.3. The summed E-state index contributed by atoms with van der Waals surface area (Å²) in [7, 11) is 4.03. The predicted octanol–water partition coefficient (Wildman–Crippen LogP) is 1.58. The minimum atomic E-state index is 0.566. The molecule has 0 aromatic carbocycles. The van der Waals surface area contributed by atoms with Crippen molar-refractivity contribution in [2.24, 2.45) is 7.05 Å². The second-order valence-electron chi connectivity index (χ2n) is 3.87. The fourth-order valence-corrected chi connectivity index (χ4v) is 1.81. The summed E-state index contributed by atoms with van der Waals surface area (Å²) in [4.78, 5) is 0. The van der Waals surface area contributed by atoms with Gasteiger partial charge < -0.3 is 5.32 Å². The quantitative estimate of drug-likeness (QED) is 0.790. The van der Waals surface area contributed by atoms with Crippen molar-refractivity contribution in [2.45, 2.75) is 39.7 Å². The Balaban J connectivity index is 2.84. The van der Waals surface area contributed by atoms with E-state index in [1.807, 2.05) is 18.8 Å². The first kappa shape index (κ1) is 11.2. The smallest absolute Gasteiger partial charge is 0.0628 e. The molecule has 1 aromatic rings. The highest BCUT2D eigenvalue weighted by molar-refractivity contribution is 5.25. The second kappa shape index (κ2) is 4.60. The minimum absolute atomic E-state index is 0.566. The third-order valence-electron chi connectivity index (χ3n) is 3.01. The first-order valence-corrected chi connectivity index (χ1v) is 5.26. The average Bonchev–Trinajstić information content (AvgIpc) is 2.40. The van der Waals surface area contributed by atoms with Gasteiger partial charge >= 0.3 is 0 Å². The molecule has 14 heavy (non-hydrogen) atoms. The van der Waals surface area contributed by atoms with Crippen molar-refractivity contribution in [3.63, 3.8) is 0 Å². The zero-order valence-corrected chi connectivity index (χ0v) is 9.89. The lowest BCUT2D eigenvalue weighted by atomic mass is 10.0. The maximum absolute atomic E-state index is 4.42. The molecule has 3 heteroatoms. The number of hydrogen-bond acceptors (Lipinski definition) is 2. The molecule has 1 unspecified atom stereocenters. The van der Waals surface area contributed by atoms with E-state index in [1.165, 1.54) is 17.0 Å². The first-order chi connectivity index (χ1) is 6.60. The van der Waals surface area contributed by atoms with E-state index in [4.69, 9.17) is 0 Å². The van der Waals surface area contributed by atoms with E-state index in [9.17, 15) is 0 Å². The zero-order valence-electron chi connectivity index (χ0n) is 9.89. The molecule has 0 radical (unpaired) electrons. The number of nitrogens with zero attached hydrogens (tertiary/aromatic N) is 2. The minimum Gasteiger partial charge on any atom is -0.317 e. The first-order valence-electron chi connectivity index (χ1n) is 5.26. The van der Waals surface area contributed by atoms with Crippen LogP contribution in [0, 0.1) is 13.8 Å². The Morgan fingerprint density at radius 2 is 2.07 bits per heavy atom.